The number of aryl methyl sites for hydroxylation is 1. The molecular weight excluding hydrogens is 244 g/mol. The third-order valence-electron chi connectivity index (χ3n) is 3.39. The third-order valence-corrected chi connectivity index (χ3v) is 3.39. The van der Waals surface area contributed by atoms with E-state index >= 15 is 0 Å². The fourth-order valence-corrected chi connectivity index (χ4v) is 2.04. The molecule has 1 unspecified atom stereocenters. The molecule has 0 radical (unpaired) electrons. The molecule has 0 spiro atoms. The number of hydrogen-bond donors (Lipinski definition) is 1. The van der Waals surface area contributed by atoms with Crippen molar-refractivity contribution in [2.75, 3.05) is 0 Å². The fraction of sp³-hybridized carbons (Fsp3) is 0.250. The van der Waals surface area contributed by atoms with Crippen molar-refractivity contribution in [3.05, 3.63) is 59.7 Å². The normalized spacial score (nSPS) is 14.4. The second-order valence-electron chi connectivity index (χ2n) is 4.98. The zero-order valence-electron chi connectivity index (χ0n) is 11.0. The minimum atomic E-state index is -2.60. The van der Waals surface area contributed by atoms with Crippen molar-refractivity contribution in [2.24, 2.45) is 5.73 Å². The van der Waals surface area contributed by atoms with Gasteiger partial charge in [0, 0.05) is 0 Å². The molecule has 2 rings (SSSR count). The van der Waals surface area contributed by atoms with Crippen molar-refractivity contribution >= 4 is 0 Å². The van der Waals surface area contributed by atoms with E-state index in [0.29, 0.717) is 5.56 Å². The third kappa shape index (κ3) is 2.66. The van der Waals surface area contributed by atoms with Crippen molar-refractivity contribution in [1.82, 2.24) is 0 Å². The van der Waals surface area contributed by atoms with Gasteiger partial charge in [-0.1, -0.05) is 42.5 Å². The molecule has 0 bridgehead atoms. The lowest BCUT2D eigenvalue weighted by atomic mass is 9.90. The van der Waals surface area contributed by atoms with Crippen LogP contribution < -0.4 is 5.73 Å². The largest absolute Gasteiger partial charge is 0.317 e. The first kappa shape index (κ1) is 13.7. The molecule has 0 amide bonds. The van der Waals surface area contributed by atoms with E-state index in [-0.39, 0.29) is 0 Å². The maximum atomic E-state index is 13.0. The van der Waals surface area contributed by atoms with E-state index in [9.17, 15) is 8.78 Å². The Labute approximate surface area is 112 Å². The molecule has 0 aliphatic rings. The van der Waals surface area contributed by atoms with E-state index in [1.807, 2.05) is 37.3 Å². The molecule has 2 aromatic rings. The summed E-state index contributed by atoms with van der Waals surface area (Å²) in [5.74, 6) is 0. The first-order valence-corrected chi connectivity index (χ1v) is 6.16. The molecule has 0 aliphatic carbocycles. The summed E-state index contributed by atoms with van der Waals surface area (Å²) in [6.07, 6.45) is -2.60. The Bertz CT molecular complexity index is 576. The van der Waals surface area contributed by atoms with E-state index < -0.39 is 12.0 Å². The Morgan fingerprint density at radius 3 is 2.37 bits per heavy atom. The molecule has 1 atom stereocenters. The summed E-state index contributed by atoms with van der Waals surface area (Å²) >= 11 is 0. The molecule has 2 aromatic carbocycles. The predicted octanol–water partition coefficient (Wildman–Crippen LogP) is 4.10. The summed E-state index contributed by atoms with van der Waals surface area (Å²) < 4.78 is 26.0. The summed E-state index contributed by atoms with van der Waals surface area (Å²) in [6.45, 7) is 3.35. The zero-order chi connectivity index (χ0) is 14.0. The van der Waals surface area contributed by atoms with E-state index in [4.69, 9.17) is 5.73 Å². The molecule has 1 nitrogen and oxygen atoms in total. The summed E-state index contributed by atoms with van der Waals surface area (Å²) in [5.41, 5.74) is 7.59. The van der Waals surface area contributed by atoms with Gasteiger partial charge in [0.2, 0.25) is 0 Å². The van der Waals surface area contributed by atoms with E-state index in [2.05, 4.69) is 0 Å². The SMILES string of the molecule is Cc1ccccc1-c1cccc(C(C)(N)C(F)F)c1. The summed E-state index contributed by atoms with van der Waals surface area (Å²) in [4.78, 5) is 0. The van der Waals surface area contributed by atoms with Gasteiger partial charge in [-0.05, 0) is 42.2 Å². The molecule has 0 fully saturated rings. The first-order valence-electron chi connectivity index (χ1n) is 6.16. The van der Waals surface area contributed by atoms with Gasteiger partial charge >= 0.3 is 0 Å². The molecule has 3 heteroatoms. The molecule has 19 heavy (non-hydrogen) atoms. The fourth-order valence-electron chi connectivity index (χ4n) is 2.04. The predicted molar refractivity (Wildman–Crippen MR) is 74.2 cm³/mol. The highest BCUT2D eigenvalue weighted by Gasteiger charge is 2.32. The lowest BCUT2D eigenvalue weighted by molar-refractivity contribution is 0.0625. The monoisotopic (exact) mass is 261 g/mol. The highest BCUT2D eigenvalue weighted by Crippen LogP contribution is 2.30. The first-order chi connectivity index (χ1) is 8.93. The summed E-state index contributed by atoms with van der Waals surface area (Å²) in [5, 5.41) is 0. The van der Waals surface area contributed by atoms with Crippen LogP contribution in [0.2, 0.25) is 0 Å². The lowest BCUT2D eigenvalue weighted by Crippen LogP contribution is -2.40. The Morgan fingerprint density at radius 1 is 1.05 bits per heavy atom. The van der Waals surface area contributed by atoms with Crippen LogP contribution >= 0.6 is 0 Å². The molecule has 0 aliphatic heterocycles. The number of hydrogen-bond acceptors (Lipinski definition) is 1. The number of benzene rings is 2. The van der Waals surface area contributed by atoms with Crippen LogP contribution in [0.3, 0.4) is 0 Å². The van der Waals surface area contributed by atoms with Gasteiger partial charge < -0.3 is 5.73 Å². The smallest absolute Gasteiger partial charge is 0.260 e. The average Bonchev–Trinajstić information content (AvgIpc) is 2.39. The maximum Gasteiger partial charge on any atom is 0.260 e. The average molecular weight is 261 g/mol. The van der Waals surface area contributed by atoms with Crippen LogP contribution in [0, 0.1) is 6.92 Å². The minimum absolute atomic E-state index is 0.447. The van der Waals surface area contributed by atoms with Crippen LogP contribution in [0.1, 0.15) is 18.1 Å². The van der Waals surface area contributed by atoms with Gasteiger partial charge in [0.15, 0.2) is 0 Å². The summed E-state index contributed by atoms with van der Waals surface area (Å²) in [7, 11) is 0. The highest BCUT2D eigenvalue weighted by atomic mass is 19.3. The van der Waals surface area contributed by atoms with Crippen molar-refractivity contribution < 1.29 is 8.78 Å². The Morgan fingerprint density at radius 2 is 1.74 bits per heavy atom. The Hall–Kier alpha value is -1.74. The van der Waals surface area contributed by atoms with Crippen LogP contribution in [0.4, 0.5) is 8.78 Å². The second kappa shape index (κ2) is 5.10. The molecule has 0 heterocycles. The van der Waals surface area contributed by atoms with Crippen LogP contribution in [0.5, 0.6) is 0 Å². The standard InChI is InChI=1S/C16H17F2N/c1-11-6-3-4-9-14(11)12-7-5-8-13(10-12)16(2,19)15(17)18/h3-10,15H,19H2,1-2H3. The zero-order valence-corrected chi connectivity index (χ0v) is 11.0. The van der Waals surface area contributed by atoms with Gasteiger partial charge in [-0.15, -0.1) is 0 Å². The Kier molecular flexibility index (Phi) is 3.67. The molecule has 100 valence electrons. The van der Waals surface area contributed by atoms with E-state index in [0.717, 1.165) is 16.7 Å². The van der Waals surface area contributed by atoms with Gasteiger partial charge in [0.05, 0.1) is 5.54 Å². The van der Waals surface area contributed by atoms with Crippen LogP contribution in [-0.4, -0.2) is 6.43 Å². The van der Waals surface area contributed by atoms with Gasteiger partial charge in [0.25, 0.3) is 6.43 Å². The molecule has 2 N–H and O–H groups in total. The molecule has 0 saturated carbocycles. The topological polar surface area (TPSA) is 26.0 Å². The Balaban J connectivity index is 2.49. The number of rotatable bonds is 3. The van der Waals surface area contributed by atoms with Crippen molar-refractivity contribution in [3.8, 4) is 11.1 Å². The highest BCUT2D eigenvalue weighted by molar-refractivity contribution is 5.68. The number of alkyl halides is 2. The van der Waals surface area contributed by atoms with Crippen molar-refractivity contribution in [1.29, 1.82) is 0 Å². The molecule has 0 saturated heterocycles. The lowest BCUT2D eigenvalue weighted by Gasteiger charge is -2.24. The second-order valence-corrected chi connectivity index (χ2v) is 4.98. The quantitative estimate of drug-likeness (QED) is 0.884. The minimum Gasteiger partial charge on any atom is -0.317 e. The summed E-state index contributed by atoms with van der Waals surface area (Å²) in [6, 6.07) is 14.9. The maximum absolute atomic E-state index is 13.0. The van der Waals surface area contributed by atoms with Gasteiger partial charge in [0.1, 0.15) is 0 Å². The van der Waals surface area contributed by atoms with Crippen LogP contribution in [-0.2, 0) is 5.54 Å². The van der Waals surface area contributed by atoms with Gasteiger partial charge in [-0.3, -0.25) is 0 Å². The molecular formula is C16H17F2N. The van der Waals surface area contributed by atoms with Crippen molar-refractivity contribution in [2.45, 2.75) is 25.8 Å². The van der Waals surface area contributed by atoms with E-state index in [1.165, 1.54) is 6.92 Å². The van der Waals surface area contributed by atoms with Crippen LogP contribution in [0.25, 0.3) is 11.1 Å². The van der Waals surface area contributed by atoms with Crippen LogP contribution in [0.15, 0.2) is 48.5 Å². The van der Waals surface area contributed by atoms with Gasteiger partial charge in [-0.2, -0.15) is 0 Å². The number of nitrogens with two attached hydrogens (primary N) is 1. The van der Waals surface area contributed by atoms with E-state index in [1.54, 1.807) is 18.2 Å². The number of halogens is 2. The van der Waals surface area contributed by atoms with Crippen molar-refractivity contribution in [3.63, 3.8) is 0 Å². The molecule has 0 aromatic heterocycles. The van der Waals surface area contributed by atoms with Gasteiger partial charge in [-0.25, -0.2) is 8.78 Å².